The second kappa shape index (κ2) is 4.73. The first-order valence-electron chi connectivity index (χ1n) is 5.59. The summed E-state index contributed by atoms with van der Waals surface area (Å²) >= 11 is 2.12. The average Bonchev–Trinajstić information content (AvgIpc) is 2.41. The Hall–Kier alpha value is -1.76. The maximum atomic E-state index is 13.0. The fourth-order valence-corrected chi connectivity index (χ4v) is 2.75. The van der Waals surface area contributed by atoms with E-state index in [1.807, 2.05) is 18.2 Å². The molecule has 0 saturated heterocycles. The smallest absolute Gasteiger partial charge is 0.267 e. The summed E-state index contributed by atoms with van der Waals surface area (Å²) in [5.41, 5.74) is 1.20. The van der Waals surface area contributed by atoms with E-state index in [0.29, 0.717) is 11.1 Å². The Morgan fingerprint density at radius 3 is 2.58 bits per heavy atom. The van der Waals surface area contributed by atoms with Crippen LogP contribution >= 0.6 is 22.6 Å². The lowest BCUT2D eigenvalue weighted by molar-refractivity contribution is 0.628. The number of nitrogens with zero attached hydrogens (tertiary/aromatic N) is 1. The van der Waals surface area contributed by atoms with Crippen molar-refractivity contribution in [3.8, 4) is 11.3 Å². The SMILES string of the molecule is O=c1[nH]nc(-c2ccc(F)cc2)c2cccc(I)c12. The van der Waals surface area contributed by atoms with Crippen molar-refractivity contribution in [3.63, 3.8) is 0 Å². The van der Waals surface area contributed by atoms with E-state index in [1.165, 1.54) is 12.1 Å². The summed E-state index contributed by atoms with van der Waals surface area (Å²) in [5.74, 6) is -0.299. The van der Waals surface area contributed by atoms with Crippen molar-refractivity contribution in [2.45, 2.75) is 0 Å². The van der Waals surface area contributed by atoms with Gasteiger partial charge in [-0.3, -0.25) is 4.79 Å². The zero-order valence-corrected chi connectivity index (χ0v) is 11.8. The number of aromatic nitrogens is 2. The Bertz CT molecular complexity index is 812. The number of benzene rings is 2. The number of halogens is 2. The normalized spacial score (nSPS) is 10.8. The summed E-state index contributed by atoms with van der Waals surface area (Å²) in [6, 6.07) is 11.6. The molecule has 0 aliphatic carbocycles. The molecule has 19 heavy (non-hydrogen) atoms. The Balaban J connectivity index is 2.37. The molecular formula is C14H8FIN2O. The van der Waals surface area contributed by atoms with Gasteiger partial charge in [0.25, 0.3) is 5.56 Å². The van der Waals surface area contributed by atoms with Gasteiger partial charge in [-0.15, -0.1) is 0 Å². The molecule has 0 fully saturated rings. The Kier molecular flexibility index (Phi) is 3.06. The summed E-state index contributed by atoms with van der Waals surface area (Å²) < 4.78 is 13.8. The lowest BCUT2D eigenvalue weighted by Crippen LogP contribution is -2.10. The van der Waals surface area contributed by atoms with E-state index in [1.54, 1.807) is 12.1 Å². The summed E-state index contributed by atoms with van der Waals surface area (Å²) in [6.45, 7) is 0. The molecule has 0 aliphatic rings. The third-order valence-electron chi connectivity index (χ3n) is 2.88. The highest BCUT2D eigenvalue weighted by Gasteiger charge is 2.10. The first kappa shape index (κ1) is 12.3. The first-order valence-corrected chi connectivity index (χ1v) is 6.67. The number of hydrogen-bond acceptors (Lipinski definition) is 2. The second-order valence-corrected chi connectivity index (χ2v) is 5.23. The topological polar surface area (TPSA) is 45.8 Å². The van der Waals surface area contributed by atoms with E-state index >= 15 is 0 Å². The van der Waals surface area contributed by atoms with E-state index in [2.05, 4.69) is 32.8 Å². The van der Waals surface area contributed by atoms with Crippen LogP contribution in [0.1, 0.15) is 0 Å². The van der Waals surface area contributed by atoms with Gasteiger partial charge in [-0.05, 0) is 52.9 Å². The molecule has 0 radical (unpaired) electrons. The molecule has 0 spiro atoms. The van der Waals surface area contributed by atoms with Crippen LogP contribution in [0.5, 0.6) is 0 Å². The minimum absolute atomic E-state index is 0.217. The lowest BCUT2D eigenvalue weighted by atomic mass is 10.1. The maximum Gasteiger partial charge on any atom is 0.273 e. The number of aromatic amines is 1. The summed E-state index contributed by atoms with van der Waals surface area (Å²) in [7, 11) is 0. The van der Waals surface area contributed by atoms with Crippen LogP contribution in [0.25, 0.3) is 22.0 Å². The second-order valence-electron chi connectivity index (χ2n) is 4.07. The van der Waals surface area contributed by atoms with Crippen LogP contribution in [0.3, 0.4) is 0 Å². The van der Waals surface area contributed by atoms with Crippen LogP contribution in [0, 0.1) is 9.39 Å². The largest absolute Gasteiger partial charge is 0.273 e. The third kappa shape index (κ3) is 2.14. The highest BCUT2D eigenvalue weighted by Crippen LogP contribution is 2.26. The molecule has 1 N–H and O–H groups in total. The highest BCUT2D eigenvalue weighted by molar-refractivity contribution is 14.1. The summed E-state index contributed by atoms with van der Waals surface area (Å²) in [5, 5.41) is 7.95. The molecule has 3 nitrogen and oxygen atoms in total. The van der Waals surface area contributed by atoms with E-state index in [0.717, 1.165) is 14.5 Å². The van der Waals surface area contributed by atoms with Crippen molar-refractivity contribution < 1.29 is 4.39 Å². The van der Waals surface area contributed by atoms with Gasteiger partial charge < -0.3 is 0 Å². The van der Waals surface area contributed by atoms with Gasteiger partial charge in [-0.2, -0.15) is 5.10 Å². The molecule has 1 aromatic heterocycles. The van der Waals surface area contributed by atoms with Crippen molar-refractivity contribution in [2.24, 2.45) is 0 Å². The van der Waals surface area contributed by atoms with Crippen molar-refractivity contribution in [2.75, 3.05) is 0 Å². The van der Waals surface area contributed by atoms with E-state index in [9.17, 15) is 9.18 Å². The van der Waals surface area contributed by atoms with E-state index in [4.69, 9.17) is 0 Å². The van der Waals surface area contributed by atoms with Crippen molar-refractivity contribution in [1.29, 1.82) is 0 Å². The van der Waals surface area contributed by atoms with Crippen molar-refractivity contribution in [1.82, 2.24) is 10.2 Å². The van der Waals surface area contributed by atoms with Crippen LogP contribution in [-0.4, -0.2) is 10.2 Å². The third-order valence-corrected chi connectivity index (χ3v) is 3.78. The number of fused-ring (bicyclic) bond motifs is 1. The van der Waals surface area contributed by atoms with Crippen LogP contribution < -0.4 is 5.56 Å². The van der Waals surface area contributed by atoms with Gasteiger partial charge in [0.2, 0.25) is 0 Å². The Labute approximate surface area is 121 Å². The Morgan fingerprint density at radius 2 is 1.84 bits per heavy atom. The van der Waals surface area contributed by atoms with Crippen molar-refractivity contribution >= 4 is 33.4 Å². The van der Waals surface area contributed by atoms with Gasteiger partial charge in [0, 0.05) is 14.5 Å². The number of H-pyrrole nitrogens is 1. The molecule has 0 amide bonds. The average molecular weight is 366 g/mol. The minimum Gasteiger partial charge on any atom is -0.267 e. The fourth-order valence-electron chi connectivity index (χ4n) is 2.00. The predicted molar refractivity (Wildman–Crippen MR) is 80.5 cm³/mol. The molecule has 5 heteroatoms. The molecule has 94 valence electrons. The lowest BCUT2D eigenvalue weighted by Gasteiger charge is -2.06. The minimum atomic E-state index is -0.299. The predicted octanol–water partition coefficient (Wildman–Crippen LogP) is 3.33. The van der Waals surface area contributed by atoms with Crippen LogP contribution in [0.2, 0.25) is 0 Å². The molecule has 0 aliphatic heterocycles. The number of nitrogens with one attached hydrogen (secondary N) is 1. The monoisotopic (exact) mass is 366 g/mol. The van der Waals surface area contributed by atoms with Crippen molar-refractivity contribution in [3.05, 3.63) is 62.2 Å². The molecule has 0 unspecified atom stereocenters. The van der Waals surface area contributed by atoms with Crippen LogP contribution in [0.15, 0.2) is 47.3 Å². The number of rotatable bonds is 1. The fraction of sp³-hybridized carbons (Fsp3) is 0. The molecule has 0 saturated carbocycles. The van der Waals surface area contributed by atoms with Gasteiger partial charge in [0.1, 0.15) is 5.82 Å². The van der Waals surface area contributed by atoms with Crippen LogP contribution in [0.4, 0.5) is 4.39 Å². The van der Waals surface area contributed by atoms with Gasteiger partial charge in [-0.25, -0.2) is 9.49 Å². The maximum absolute atomic E-state index is 13.0. The van der Waals surface area contributed by atoms with Gasteiger partial charge in [-0.1, -0.05) is 12.1 Å². The van der Waals surface area contributed by atoms with E-state index < -0.39 is 0 Å². The molecule has 2 aromatic carbocycles. The van der Waals surface area contributed by atoms with Gasteiger partial charge in [0.05, 0.1) is 11.1 Å². The molecule has 1 heterocycles. The van der Waals surface area contributed by atoms with E-state index in [-0.39, 0.29) is 11.4 Å². The highest BCUT2D eigenvalue weighted by atomic mass is 127. The molecule has 3 aromatic rings. The summed E-state index contributed by atoms with van der Waals surface area (Å²) in [6.07, 6.45) is 0. The first-order chi connectivity index (χ1) is 9.16. The molecule has 0 bridgehead atoms. The summed E-state index contributed by atoms with van der Waals surface area (Å²) in [4.78, 5) is 11.9. The molecular weight excluding hydrogens is 358 g/mol. The van der Waals surface area contributed by atoms with Gasteiger partial charge >= 0.3 is 0 Å². The zero-order chi connectivity index (χ0) is 13.4. The van der Waals surface area contributed by atoms with Crippen LogP contribution in [-0.2, 0) is 0 Å². The molecule has 3 rings (SSSR count). The number of hydrogen-bond donors (Lipinski definition) is 1. The zero-order valence-electron chi connectivity index (χ0n) is 9.65. The quantitative estimate of drug-likeness (QED) is 0.672. The van der Waals surface area contributed by atoms with Gasteiger partial charge in [0.15, 0.2) is 0 Å². The Morgan fingerprint density at radius 1 is 1.11 bits per heavy atom. The standard InChI is InChI=1S/C14H8FIN2O/c15-9-6-4-8(5-7-9)13-10-2-1-3-11(16)12(10)14(19)18-17-13/h1-7H,(H,18,19). The molecule has 0 atom stereocenters.